The molecule has 1 saturated heterocycles. The van der Waals surface area contributed by atoms with Crippen molar-refractivity contribution in [2.45, 2.75) is 58.2 Å². The van der Waals surface area contributed by atoms with Crippen molar-refractivity contribution in [2.24, 2.45) is 5.92 Å². The van der Waals surface area contributed by atoms with Gasteiger partial charge in [-0.15, -0.1) is 0 Å². The second-order valence-electron chi connectivity index (χ2n) is 9.97. The van der Waals surface area contributed by atoms with Gasteiger partial charge in [-0.25, -0.2) is 14.2 Å². The molecule has 2 aromatic rings. The van der Waals surface area contributed by atoms with Crippen LogP contribution in [0.1, 0.15) is 43.7 Å². The zero-order valence-electron chi connectivity index (χ0n) is 21.2. The minimum atomic E-state index is -0.860. The average Bonchev–Trinajstić information content (AvgIpc) is 2.86. The molecule has 0 bridgehead atoms. The van der Waals surface area contributed by atoms with Crippen LogP contribution in [-0.2, 0) is 11.3 Å². The van der Waals surface area contributed by atoms with E-state index in [9.17, 15) is 19.1 Å². The first-order valence-electron chi connectivity index (χ1n) is 12.6. The summed E-state index contributed by atoms with van der Waals surface area (Å²) < 4.78 is 18.9. The highest BCUT2D eigenvalue weighted by Crippen LogP contribution is 2.30. The van der Waals surface area contributed by atoms with Gasteiger partial charge in [0.1, 0.15) is 11.9 Å². The molecule has 1 aromatic heterocycles. The Bertz CT molecular complexity index is 1070. The molecule has 1 N–H and O–H groups in total. The molecule has 9 heteroatoms. The number of hydrogen-bond acceptors (Lipinski definition) is 5. The van der Waals surface area contributed by atoms with E-state index in [1.165, 1.54) is 22.6 Å². The lowest BCUT2D eigenvalue weighted by molar-refractivity contribution is -0.123. The highest BCUT2D eigenvalue weighted by Gasteiger charge is 2.30. The number of pyridine rings is 1. The molecule has 0 spiro atoms. The van der Waals surface area contributed by atoms with Crippen molar-refractivity contribution >= 4 is 17.7 Å². The molecule has 2 heterocycles. The number of amides is 2. The maximum absolute atomic E-state index is 13.2. The topological polar surface area (TPSA) is 86.2 Å². The van der Waals surface area contributed by atoms with Crippen molar-refractivity contribution in [3.8, 4) is 5.88 Å². The van der Waals surface area contributed by atoms with Gasteiger partial charge in [0, 0.05) is 56.9 Å². The molecule has 1 aliphatic heterocycles. The highest BCUT2D eigenvalue weighted by atomic mass is 19.1. The smallest absolute Gasteiger partial charge is 0.407 e. The van der Waals surface area contributed by atoms with Crippen LogP contribution in [0.2, 0.25) is 0 Å². The molecular weight excluding hydrogens is 463 g/mol. The normalized spacial score (nSPS) is 22.8. The molecule has 36 heavy (non-hydrogen) atoms. The second-order valence-corrected chi connectivity index (χ2v) is 9.97. The van der Waals surface area contributed by atoms with Crippen molar-refractivity contribution in [3.05, 3.63) is 53.5 Å². The van der Waals surface area contributed by atoms with E-state index in [0.29, 0.717) is 25.5 Å². The molecule has 0 unspecified atom stereocenters. The molecule has 194 valence electrons. The molecule has 2 amide bonds. The Morgan fingerprint density at radius 3 is 2.53 bits per heavy atom. The van der Waals surface area contributed by atoms with Crippen LogP contribution in [0.4, 0.5) is 14.9 Å². The Morgan fingerprint density at radius 2 is 1.92 bits per heavy atom. The van der Waals surface area contributed by atoms with E-state index in [4.69, 9.17) is 4.74 Å². The van der Waals surface area contributed by atoms with Gasteiger partial charge in [-0.05, 0) is 68.9 Å². The fourth-order valence-corrected chi connectivity index (χ4v) is 5.20. The summed E-state index contributed by atoms with van der Waals surface area (Å²) in [6.07, 6.45) is 3.27. The van der Waals surface area contributed by atoms with E-state index in [1.807, 2.05) is 20.0 Å². The first-order chi connectivity index (χ1) is 17.2. The van der Waals surface area contributed by atoms with Gasteiger partial charge in [0.2, 0.25) is 11.8 Å². The van der Waals surface area contributed by atoms with Crippen LogP contribution in [0.5, 0.6) is 5.88 Å². The number of piperazine rings is 1. The molecule has 1 saturated carbocycles. The number of carboxylic acid groups (broad SMARTS) is 1. The number of anilines is 1. The van der Waals surface area contributed by atoms with E-state index >= 15 is 0 Å². The number of rotatable bonds is 6. The minimum absolute atomic E-state index is 0.0149. The summed E-state index contributed by atoms with van der Waals surface area (Å²) in [7, 11) is 1.83. The predicted octanol–water partition coefficient (Wildman–Crippen LogP) is 4.31. The van der Waals surface area contributed by atoms with Crippen LogP contribution in [-0.4, -0.2) is 70.7 Å². The summed E-state index contributed by atoms with van der Waals surface area (Å²) in [6, 6.07) is 8.95. The monoisotopic (exact) mass is 498 g/mol. The van der Waals surface area contributed by atoms with Crippen molar-refractivity contribution in [2.75, 3.05) is 31.6 Å². The number of ether oxygens (including phenoxy) is 1. The number of benzene rings is 1. The van der Waals surface area contributed by atoms with Crippen LogP contribution < -0.4 is 9.64 Å². The predicted molar refractivity (Wildman–Crippen MR) is 135 cm³/mol. The highest BCUT2D eigenvalue weighted by molar-refractivity contribution is 5.94. The van der Waals surface area contributed by atoms with E-state index in [0.717, 1.165) is 49.7 Å². The van der Waals surface area contributed by atoms with E-state index < -0.39 is 11.9 Å². The van der Waals surface area contributed by atoms with Crippen LogP contribution >= 0.6 is 0 Å². The Morgan fingerprint density at radius 1 is 1.17 bits per heavy atom. The zero-order valence-corrected chi connectivity index (χ0v) is 21.2. The van der Waals surface area contributed by atoms with Crippen molar-refractivity contribution < 1.29 is 23.8 Å². The largest absolute Gasteiger partial charge is 0.474 e. The fraction of sp³-hybridized carbons (Fsp3) is 0.519. The molecule has 4 rings (SSSR count). The lowest BCUT2D eigenvalue weighted by Crippen LogP contribution is -2.53. The molecule has 1 aliphatic carbocycles. The maximum Gasteiger partial charge on any atom is 0.407 e. The van der Waals surface area contributed by atoms with Crippen LogP contribution in [0, 0.1) is 18.7 Å². The molecule has 1 aromatic carbocycles. The quantitative estimate of drug-likeness (QED) is 0.639. The van der Waals surface area contributed by atoms with E-state index in [-0.39, 0.29) is 24.0 Å². The van der Waals surface area contributed by atoms with Gasteiger partial charge in [0.05, 0.1) is 6.20 Å². The number of aryl methyl sites for hydroxylation is 1. The molecule has 2 aliphatic rings. The van der Waals surface area contributed by atoms with Gasteiger partial charge in [-0.1, -0.05) is 6.07 Å². The third-order valence-corrected chi connectivity index (χ3v) is 7.41. The van der Waals surface area contributed by atoms with Crippen LogP contribution in [0.15, 0.2) is 36.5 Å². The minimum Gasteiger partial charge on any atom is -0.474 e. The fourth-order valence-electron chi connectivity index (χ4n) is 5.20. The third-order valence-electron chi connectivity index (χ3n) is 7.41. The Kier molecular flexibility index (Phi) is 8.08. The second kappa shape index (κ2) is 11.2. The Balaban J connectivity index is 1.29. The van der Waals surface area contributed by atoms with Gasteiger partial charge in [-0.3, -0.25) is 9.69 Å². The number of nitrogens with zero attached hydrogens (tertiary/aromatic N) is 4. The molecule has 8 nitrogen and oxygen atoms in total. The van der Waals surface area contributed by atoms with Gasteiger partial charge >= 0.3 is 6.09 Å². The number of aromatic nitrogens is 1. The summed E-state index contributed by atoms with van der Waals surface area (Å²) in [5.74, 6) is 0.0790. The number of halogens is 1. The SMILES string of the molecule is Cc1cc(N(C)C(=O)C2CCC(Oc3ccc(F)cn3)CC2)ccc1CN1CCN(C(=O)O)[C@@H](C)C1. The van der Waals surface area contributed by atoms with Gasteiger partial charge in [-0.2, -0.15) is 0 Å². The number of carbonyl (C=O) groups excluding carboxylic acids is 1. The number of carbonyl (C=O) groups is 2. The lowest BCUT2D eigenvalue weighted by Gasteiger charge is -2.38. The molecular formula is C27H35FN4O4. The van der Waals surface area contributed by atoms with Crippen molar-refractivity contribution in [1.29, 1.82) is 0 Å². The van der Waals surface area contributed by atoms with Crippen LogP contribution in [0.3, 0.4) is 0 Å². The number of hydrogen-bond donors (Lipinski definition) is 1. The van der Waals surface area contributed by atoms with Crippen molar-refractivity contribution in [3.63, 3.8) is 0 Å². The van der Waals surface area contributed by atoms with Crippen molar-refractivity contribution in [1.82, 2.24) is 14.8 Å². The van der Waals surface area contributed by atoms with Gasteiger partial charge < -0.3 is 19.6 Å². The summed E-state index contributed by atoms with van der Waals surface area (Å²) in [5, 5.41) is 9.29. The summed E-state index contributed by atoms with van der Waals surface area (Å²) in [6.45, 7) is 6.68. The summed E-state index contributed by atoms with van der Waals surface area (Å²) in [5.41, 5.74) is 3.17. The summed E-state index contributed by atoms with van der Waals surface area (Å²) >= 11 is 0. The first kappa shape index (κ1) is 25.9. The molecule has 2 fully saturated rings. The molecule has 0 radical (unpaired) electrons. The summed E-state index contributed by atoms with van der Waals surface area (Å²) in [4.78, 5) is 34.0. The Labute approximate surface area is 211 Å². The zero-order chi connectivity index (χ0) is 25.8. The third kappa shape index (κ3) is 6.13. The Hall–Kier alpha value is -3.20. The molecule has 1 atom stereocenters. The van der Waals surface area contributed by atoms with E-state index in [2.05, 4.69) is 28.9 Å². The maximum atomic E-state index is 13.2. The lowest BCUT2D eigenvalue weighted by atomic mass is 9.86. The van der Waals surface area contributed by atoms with Gasteiger partial charge in [0.25, 0.3) is 0 Å². The standard InChI is InChI=1S/C27H35FN4O4/c1-18-14-23(8-4-21(18)17-31-12-13-32(27(34)35)19(2)16-31)30(3)26(33)20-5-9-24(10-6-20)36-25-11-7-22(28)15-29-25/h4,7-8,11,14-15,19-20,24H,5-6,9-10,12-13,16-17H2,1-3H3,(H,34,35)/t19-,20?,24?/m0/s1. The average molecular weight is 499 g/mol. The van der Waals surface area contributed by atoms with Gasteiger partial charge in [0.15, 0.2) is 0 Å². The van der Waals surface area contributed by atoms with Crippen LogP contribution in [0.25, 0.3) is 0 Å². The van der Waals surface area contributed by atoms with E-state index in [1.54, 1.807) is 4.90 Å². The first-order valence-corrected chi connectivity index (χ1v) is 12.6.